The molecule has 2 fully saturated rings. The predicted molar refractivity (Wildman–Crippen MR) is 76.4 cm³/mol. The van der Waals surface area contributed by atoms with E-state index in [0.29, 0.717) is 18.3 Å². The number of hydrogen-bond acceptors (Lipinski definition) is 3. The first-order valence-corrected chi connectivity index (χ1v) is 7.83. The molecule has 0 aromatic carbocycles. The zero-order valence-electron chi connectivity index (χ0n) is 13.0. The summed E-state index contributed by atoms with van der Waals surface area (Å²) in [5.74, 6) is 0.443. The van der Waals surface area contributed by atoms with E-state index in [4.69, 9.17) is 9.84 Å². The van der Waals surface area contributed by atoms with Crippen LogP contribution >= 0.6 is 0 Å². The minimum Gasteiger partial charge on any atom is -0.481 e. The first-order valence-electron chi connectivity index (χ1n) is 7.83. The first-order chi connectivity index (χ1) is 9.25. The van der Waals surface area contributed by atoms with Crippen LogP contribution in [0.5, 0.6) is 0 Å². The fourth-order valence-electron chi connectivity index (χ4n) is 4.07. The van der Waals surface area contributed by atoms with E-state index in [0.717, 1.165) is 12.8 Å². The molecule has 4 heteroatoms. The quantitative estimate of drug-likeness (QED) is 0.836. The molecule has 1 aliphatic heterocycles. The second kappa shape index (κ2) is 5.64. The van der Waals surface area contributed by atoms with E-state index in [9.17, 15) is 9.90 Å². The molecular weight excluding hydrogens is 256 g/mol. The van der Waals surface area contributed by atoms with Crippen LogP contribution in [0.4, 0.5) is 0 Å². The molecular formula is C16H28O4. The summed E-state index contributed by atoms with van der Waals surface area (Å²) in [5.41, 5.74) is -0.324. The number of carbonyl (C=O) groups is 1. The van der Waals surface area contributed by atoms with Crippen molar-refractivity contribution in [1.29, 1.82) is 0 Å². The van der Waals surface area contributed by atoms with E-state index in [-0.39, 0.29) is 36.1 Å². The van der Waals surface area contributed by atoms with E-state index in [1.165, 1.54) is 0 Å². The molecule has 1 aliphatic carbocycles. The van der Waals surface area contributed by atoms with Crippen molar-refractivity contribution in [2.45, 2.75) is 71.2 Å². The second-order valence-electron chi connectivity index (χ2n) is 7.20. The van der Waals surface area contributed by atoms with Crippen LogP contribution in [-0.4, -0.2) is 34.0 Å². The highest BCUT2D eigenvalue weighted by Gasteiger charge is 2.50. The van der Waals surface area contributed by atoms with Gasteiger partial charge in [0.05, 0.1) is 17.8 Å². The predicted octanol–water partition coefficient (Wildman–Crippen LogP) is 2.69. The summed E-state index contributed by atoms with van der Waals surface area (Å²) < 4.78 is 6.36. The van der Waals surface area contributed by atoms with Gasteiger partial charge in [0.15, 0.2) is 0 Å². The van der Waals surface area contributed by atoms with E-state index < -0.39 is 5.97 Å². The number of carboxylic acid groups (broad SMARTS) is 1. The van der Waals surface area contributed by atoms with Gasteiger partial charge in [0.1, 0.15) is 0 Å². The fraction of sp³-hybridized carbons (Fsp3) is 0.938. The van der Waals surface area contributed by atoms with Crippen LogP contribution in [0.2, 0.25) is 0 Å². The van der Waals surface area contributed by atoms with E-state index in [1.807, 2.05) is 6.92 Å². The molecule has 1 saturated heterocycles. The van der Waals surface area contributed by atoms with Gasteiger partial charge in [-0.25, -0.2) is 0 Å². The number of aliphatic carboxylic acids is 1. The zero-order valence-corrected chi connectivity index (χ0v) is 13.0. The number of carboxylic acids is 1. The van der Waals surface area contributed by atoms with Gasteiger partial charge in [0.2, 0.25) is 0 Å². The molecule has 1 heterocycles. The van der Waals surface area contributed by atoms with Gasteiger partial charge in [-0.2, -0.15) is 0 Å². The lowest BCUT2D eigenvalue weighted by molar-refractivity contribution is -0.216. The number of hydrogen-bond donors (Lipinski definition) is 2. The molecule has 2 N–H and O–H groups in total. The average Bonchev–Trinajstić information content (AvgIpc) is 2.41. The van der Waals surface area contributed by atoms with Crippen LogP contribution in [0.15, 0.2) is 0 Å². The SMILES string of the molecule is CC1C(C)C2OC(C)(CCC(=O)O)CCC2C(C)C1O. The summed E-state index contributed by atoms with van der Waals surface area (Å²) in [4.78, 5) is 10.8. The number of aliphatic hydroxyl groups is 1. The largest absolute Gasteiger partial charge is 0.481 e. The molecule has 116 valence electrons. The Hall–Kier alpha value is -0.610. The standard InChI is InChI=1S/C16H28O4/c1-9-10(2)15-12(11(3)14(9)19)5-7-16(4,20-15)8-6-13(17)18/h9-12,14-15,19H,5-8H2,1-4H3,(H,17,18). The maximum absolute atomic E-state index is 10.8. The Bertz CT molecular complexity index is 369. The Balaban J connectivity index is 2.09. The minimum atomic E-state index is -0.759. The molecule has 1 saturated carbocycles. The molecule has 0 aromatic rings. The van der Waals surface area contributed by atoms with Gasteiger partial charge in [0, 0.05) is 6.42 Å². The van der Waals surface area contributed by atoms with Crippen molar-refractivity contribution in [3.8, 4) is 0 Å². The third kappa shape index (κ3) is 2.86. The summed E-state index contributed by atoms with van der Waals surface area (Å²) in [6.07, 6.45) is 2.55. The van der Waals surface area contributed by atoms with Crippen molar-refractivity contribution < 1.29 is 19.7 Å². The van der Waals surface area contributed by atoms with Gasteiger partial charge in [-0.05, 0) is 49.9 Å². The molecule has 2 rings (SSSR count). The lowest BCUT2D eigenvalue weighted by Gasteiger charge is -2.53. The molecule has 0 radical (unpaired) electrons. The highest BCUT2D eigenvalue weighted by atomic mass is 16.5. The molecule has 4 nitrogen and oxygen atoms in total. The third-order valence-electron chi connectivity index (χ3n) is 5.82. The highest BCUT2D eigenvalue weighted by molar-refractivity contribution is 5.66. The van der Waals surface area contributed by atoms with Crippen LogP contribution in [0.3, 0.4) is 0 Å². The van der Waals surface area contributed by atoms with Crippen LogP contribution < -0.4 is 0 Å². The summed E-state index contributed by atoms with van der Waals surface area (Å²) in [7, 11) is 0. The summed E-state index contributed by atoms with van der Waals surface area (Å²) in [6.45, 7) is 8.40. The van der Waals surface area contributed by atoms with Crippen molar-refractivity contribution in [2.24, 2.45) is 23.7 Å². The third-order valence-corrected chi connectivity index (χ3v) is 5.82. The summed E-state index contributed by atoms with van der Waals surface area (Å²) >= 11 is 0. The number of fused-ring (bicyclic) bond motifs is 1. The number of aliphatic hydroxyl groups excluding tert-OH is 1. The van der Waals surface area contributed by atoms with Crippen molar-refractivity contribution in [3.63, 3.8) is 0 Å². The summed E-state index contributed by atoms with van der Waals surface area (Å²) in [5, 5.41) is 19.2. The van der Waals surface area contributed by atoms with Crippen molar-refractivity contribution >= 4 is 5.97 Å². The Morgan fingerprint density at radius 1 is 1.25 bits per heavy atom. The van der Waals surface area contributed by atoms with Crippen molar-refractivity contribution in [3.05, 3.63) is 0 Å². The maximum Gasteiger partial charge on any atom is 0.303 e. The molecule has 0 bridgehead atoms. The van der Waals surface area contributed by atoms with E-state index >= 15 is 0 Å². The van der Waals surface area contributed by atoms with Gasteiger partial charge in [-0.3, -0.25) is 4.79 Å². The molecule has 2 aliphatic rings. The Kier molecular flexibility index (Phi) is 4.45. The normalized spacial score (nSPS) is 48.6. The number of ether oxygens (including phenoxy) is 1. The summed E-state index contributed by atoms with van der Waals surface area (Å²) in [6, 6.07) is 0. The average molecular weight is 284 g/mol. The van der Waals surface area contributed by atoms with Gasteiger partial charge in [-0.15, -0.1) is 0 Å². The van der Waals surface area contributed by atoms with Gasteiger partial charge >= 0.3 is 5.97 Å². The van der Waals surface area contributed by atoms with Crippen molar-refractivity contribution in [2.75, 3.05) is 0 Å². The molecule has 20 heavy (non-hydrogen) atoms. The Morgan fingerprint density at radius 3 is 2.50 bits per heavy atom. The number of rotatable bonds is 3. The Labute approximate surface area is 121 Å². The second-order valence-corrected chi connectivity index (χ2v) is 7.20. The van der Waals surface area contributed by atoms with Crippen LogP contribution in [0.1, 0.15) is 53.4 Å². The zero-order chi connectivity index (χ0) is 15.1. The first kappa shape index (κ1) is 15.8. The Morgan fingerprint density at radius 2 is 1.90 bits per heavy atom. The molecule has 0 aromatic heterocycles. The van der Waals surface area contributed by atoms with Crippen LogP contribution in [-0.2, 0) is 9.53 Å². The fourth-order valence-corrected chi connectivity index (χ4v) is 4.07. The van der Waals surface area contributed by atoms with Gasteiger partial charge in [-0.1, -0.05) is 20.8 Å². The molecule has 0 amide bonds. The van der Waals surface area contributed by atoms with Gasteiger partial charge in [0.25, 0.3) is 0 Å². The monoisotopic (exact) mass is 284 g/mol. The van der Waals surface area contributed by atoms with Crippen LogP contribution in [0, 0.1) is 23.7 Å². The van der Waals surface area contributed by atoms with Crippen LogP contribution in [0.25, 0.3) is 0 Å². The molecule has 0 spiro atoms. The maximum atomic E-state index is 10.8. The van der Waals surface area contributed by atoms with Crippen molar-refractivity contribution in [1.82, 2.24) is 0 Å². The minimum absolute atomic E-state index is 0.149. The van der Waals surface area contributed by atoms with E-state index in [1.54, 1.807) is 0 Å². The molecule has 7 unspecified atom stereocenters. The lowest BCUT2D eigenvalue weighted by atomic mass is 9.63. The topological polar surface area (TPSA) is 66.8 Å². The van der Waals surface area contributed by atoms with Gasteiger partial charge < -0.3 is 14.9 Å². The van der Waals surface area contributed by atoms with E-state index in [2.05, 4.69) is 20.8 Å². The molecule has 7 atom stereocenters. The highest BCUT2D eigenvalue weighted by Crippen LogP contribution is 2.48. The smallest absolute Gasteiger partial charge is 0.303 e. The lowest BCUT2D eigenvalue weighted by Crippen LogP contribution is -2.56.